The van der Waals surface area contributed by atoms with Crippen LogP contribution in [0, 0.1) is 20.8 Å². The number of aryl methyl sites for hydroxylation is 3. The highest BCUT2D eigenvalue weighted by atomic mass is 14.8. The van der Waals surface area contributed by atoms with E-state index in [0.717, 1.165) is 13.1 Å². The number of hydrogen-bond donors (Lipinski definition) is 1. The Kier molecular flexibility index (Phi) is 4.16. The molecule has 0 heterocycles. The average molecular weight is 239 g/mol. The van der Waals surface area contributed by atoms with Gasteiger partial charge >= 0.3 is 0 Å². The van der Waals surface area contributed by atoms with Crippen LogP contribution in [0.1, 0.15) is 27.8 Å². The molecule has 94 valence electrons. The lowest BCUT2D eigenvalue weighted by Crippen LogP contribution is -2.14. The minimum absolute atomic E-state index is 0.931. The summed E-state index contributed by atoms with van der Waals surface area (Å²) in [5.74, 6) is 0. The summed E-state index contributed by atoms with van der Waals surface area (Å²) in [7, 11) is 0. The Balaban J connectivity index is 1.95. The van der Waals surface area contributed by atoms with Crippen LogP contribution >= 0.6 is 0 Å². The van der Waals surface area contributed by atoms with Crippen molar-refractivity contribution in [1.82, 2.24) is 5.32 Å². The largest absolute Gasteiger partial charge is 0.309 e. The molecule has 0 bridgehead atoms. The lowest BCUT2D eigenvalue weighted by Gasteiger charge is -2.10. The summed E-state index contributed by atoms with van der Waals surface area (Å²) < 4.78 is 0. The van der Waals surface area contributed by atoms with Crippen LogP contribution in [-0.4, -0.2) is 0 Å². The van der Waals surface area contributed by atoms with Gasteiger partial charge in [-0.1, -0.05) is 48.0 Å². The molecule has 2 aromatic carbocycles. The molecule has 0 aliphatic carbocycles. The lowest BCUT2D eigenvalue weighted by atomic mass is 10.1. The third-order valence-corrected chi connectivity index (χ3v) is 3.39. The summed E-state index contributed by atoms with van der Waals surface area (Å²) in [5, 5.41) is 3.52. The fraction of sp³-hybridized carbons (Fsp3) is 0.294. The van der Waals surface area contributed by atoms with Gasteiger partial charge in [0.15, 0.2) is 0 Å². The van der Waals surface area contributed by atoms with Crippen molar-refractivity contribution in [2.24, 2.45) is 0 Å². The van der Waals surface area contributed by atoms with Gasteiger partial charge in [-0.25, -0.2) is 0 Å². The molecule has 0 amide bonds. The predicted molar refractivity (Wildman–Crippen MR) is 77.6 cm³/mol. The first kappa shape index (κ1) is 12.8. The van der Waals surface area contributed by atoms with Crippen LogP contribution in [0.15, 0.2) is 42.5 Å². The quantitative estimate of drug-likeness (QED) is 0.853. The Hall–Kier alpha value is -1.60. The molecular formula is C17H21N. The van der Waals surface area contributed by atoms with Crippen molar-refractivity contribution in [3.05, 3.63) is 70.3 Å². The van der Waals surface area contributed by atoms with Gasteiger partial charge in [-0.15, -0.1) is 0 Å². The van der Waals surface area contributed by atoms with Gasteiger partial charge in [0.1, 0.15) is 0 Å². The van der Waals surface area contributed by atoms with E-state index in [2.05, 4.69) is 68.6 Å². The second kappa shape index (κ2) is 5.83. The second-order valence-electron chi connectivity index (χ2n) is 4.96. The molecule has 0 aliphatic rings. The first-order chi connectivity index (χ1) is 8.66. The summed E-state index contributed by atoms with van der Waals surface area (Å²) in [6.07, 6.45) is 0. The van der Waals surface area contributed by atoms with Crippen LogP contribution in [0.5, 0.6) is 0 Å². The number of hydrogen-bond acceptors (Lipinski definition) is 1. The molecule has 1 nitrogen and oxygen atoms in total. The Bertz CT molecular complexity index is 529. The monoisotopic (exact) mass is 239 g/mol. The standard InChI is InChI=1S/C17H21N/c1-13-8-9-17(15(3)10-13)12-18-11-16-7-5-4-6-14(16)2/h4-10,18H,11-12H2,1-3H3. The fourth-order valence-corrected chi connectivity index (χ4v) is 2.18. The normalized spacial score (nSPS) is 10.6. The van der Waals surface area contributed by atoms with Gasteiger partial charge in [0, 0.05) is 13.1 Å². The van der Waals surface area contributed by atoms with Gasteiger partial charge in [0.05, 0.1) is 0 Å². The molecule has 0 aromatic heterocycles. The van der Waals surface area contributed by atoms with Crippen LogP contribution in [-0.2, 0) is 13.1 Å². The van der Waals surface area contributed by atoms with E-state index in [1.807, 2.05) is 0 Å². The van der Waals surface area contributed by atoms with Gasteiger partial charge < -0.3 is 5.32 Å². The zero-order chi connectivity index (χ0) is 13.0. The van der Waals surface area contributed by atoms with Crippen LogP contribution in [0.3, 0.4) is 0 Å². The van der Waals surface area contributed by atoms with E-state index >= 15 is 0 Å². The van der Waals surface area contributed by atoms with Crippen molar-refractivity contribution < 1.29 is 0 Å². The molecule has 0 unspecified atom stereocenters. The number of rotatable bonds is 4. The van der Waals surface area contributed by atoms with E-state index in [1.54, 1.807) is 0 Å². The van der Waals surface area contributed by atoms with Gasteiger partial charge in [-0.2, -0.15) is 0 Å². The van der Waals surface area contributed by atoms with Crippen LogP contribution < -0.4 is 5.32 Å². The van der Waals surface area contributed by atoms with Crippen LogP contribution in [0.2, 0.25) is 0 Å². The van der Waals surface area contributed by atoms with Gasteiger partial charge in [-0.3, -0.25) is 0 Å². The van der Waals surface area contributed by atoms with Crippen molar-refractivity contribution in [1.29, 1.82) is 0 Å². The highest BCUT2D eigenvalue weighted by Crippen LogP contribution is 2.11. The maximum Gasteiger partial charge on any atom is 0.0211 e. The average Bonchev–Trinajstić information content (AvgIpc) is 2.34. The minimum atomic E-state index is 0.931. The highest BCUT2D eigenvalue weighted by Gasteiger charge is 2.00. The summed E-state index contributed by atoms with van der Waals surface area (Å²) in [5.41, 5.74) is 6.81. The van der Waals surface area contributed by atoms with Crippen LogP contribution in [0.4, 0.5) is 0 Å². The highest BCUT2D eigenvalue weighted by molar-refractivity contribution is 5.30. The van der Waals surface area contributed by atoms with Crippen molar-refractivity contribution in [2.45, 2.75) is 33.9 Å². The van der Waals surface area contributed by atoms with E-state index < -0.39 is 0 Å². The Morgan fingerprint density at radius 2 is 1.44 bits per heavy atom. The number of benzene rings is 2. The molecule has 1 heteroatoms. The Morgan fingerprint density at radius 1 is 0.778 bits per heavy atom. The molecule has 0 spiro atoms. The van der Waals surface area contributed by atoms with E-state index in [4.69, 9.17) is 0 Å². The van der Waals surface area contributed by atoms with E-state index in [9.17, 15) is 0 Å². The smallest absolute Gasteiger partial charge is 0.0211 e. The minimum Gasteiger partial charge on any atom is -0.309 e. The van der Waals surface area contributed by atoms with E-state index in [1.165, 1.54) is 27.8 Å². The van der Waals surface area contributed by atoms with Gasteiger partial charge in [-0.05, 0) is 43.0 Å². The first-order valence-electron chi connectivity index (χ1n) is 6.48. The lowest BCUT2D eigenvalue weighted by molar-refractivity contribution is 0.688. The Labute approximate surface area is 110 Å². The second-order valence-corrected chi connectivity index (χ2v) is 4.96. The molecule has 2 rings (SSSR count). The molecule has 0 atom stereocenters. The maximum atomic E-state index is 3.52. The summed E-state index contributed by atoms with van der Waals surface area (Å²) in [4.78, 5) is 0. The zero-order valence-corrected chi connectivity index (χ0v) is 11.5. The SMILES string of the molecule is Cc1ccc(CNCc2ccccc2C)c(C)c1. The van der Waals surface area contributed by atoms with E-state index in [0.29, 0.717) is 0 Å². The molecule has 0 saturated carbocycles. The molecular weight excluding hydrogens is 218 g/mol. The zero-order valence-electron chi connectivity index (χ0n) is 11.5. The molecule has 2 aromatic rings. The van der Waals surface area contributed by atoms with E-state index in [-0.39, 0.29) is 0 Å². The maximum absolute atomic E-state index is 3.52. The van der Waals surface area contributed by atoms with Crippen molar-refractivity contribution in [3.8, 4) is 0 Å². The summed E-state index contributed by atoms with van der Waals surface area (Å²) >= 11 is 0. The van der Waals surface area contributed by atoms with Crippen molar-refractivity contribution in [3.63, 3.8) is 0 Å². The topological polar surface area (TPSA) is 12.0 Å². The Morgan fingerprint density at radius 3 is 2.11 bits per heavy atom. The summed E-state index contributed by atoms with van der Waals surface area (Å²) in [6, 6.07) is 15.2. The molecule has 0 radical (unpaired) electrons. The molecule has 0 aliphatic heterocycles. The predicted octanol–water partition coefficient (Wildman–Crippen LogP) is 3.90. The first-order valence-corrected chi connectivity index (χ1v) is 6.48. The van der Waals surface area contributed by atoms with Crippen molar-refractivity contribution >= 4 is 0 Å². The molecule has 1 N–H and O–H groups in total. The van der Waals surface area contributed by atoms with Gasteiger partial charge in [0.2, 0.25) is 0 Å². The van der Waals surface area contributed by atoms with Gasteiger partial charge in [0.25, 0.3) is 0 Å². The summed E-state index contributed by atoms with van der Waals surface area (Å²) in [6.45, 7) is 8.34. The molecule has 18 heavy (non-hydrogen) atoms. The molecule has 0 saturated heterocycles. The van der Waals surface area contributed by atoms with Crippen LogP contribution in [0.25, 0.3) is 0 Å². The molecule has 0 fully saturated rings. The number of nitrogens with one attached hydrogen (secondary N) is 1. The third-order valence-electron chi connectivity index (χ3n) is 3.39. The third kappa shape index (κ3) is 3.21. The van der Waals surface area contributed by atoms with Crippen molar-refractivity contribution in [2.75, 3.05) is 0 Å². The fourth-order valence-electron chi connectivity index (χ4n) is 2.18.